The summed E-state index contributed by atoms with van der Waals surface area (Å²) in [6, 6.07) is 13.8. The van der Waals surface area contributed by atoms with Crippen molar-refractivity contribution < 1.29 is 0 Å². The lowest BCUT2D eigenvalue weighted by atomic mass is 10.3. The van der Waals surface area contributed by atoms with E-state index in [9.17, 15) is 0 Å². The first-order valence-corrected chi connectivity index (χ1v) is 6.13. The van der Waals surface area contributed by atoms with Crippen molar-refractivity contribution >= 4 is 28.7 Å². The number of benzene rings is 1. The lowest BCUT2D eigenvalue weighted by Gasteiger charge is -2.12. The number of anilines is 2. The van der Waals surface area contributed by atoms with Crippen LogP contribution in [-0.4, -0.2) is 10.1 Å². The van der Waals surface area contributed by atoms with E-state index in [4.69, 9.17) is 12.2 Å². The summed E-state index contributed by atoms with van der Waals surface area (Å²) in [5.74, 6) is 0. The predicted octanol–water partition coefficient (Wildman–Crippen LogP) is 3.51. The molecular formula is C14H15N3S. The van der Waals surface area contributed by atoms with Gasteiger partial charge in [0, 0.05) is 11.4 Å². The van der Waals surface area contributed by atoms with Gasteiger partial charge in [0.15, 0.2) is 5.11 Å². The average Bonchev–Trinajstić information content (AvgIpc) is 2.34. The molecule has 18 heavy (non-hydrogen) atoms. The van der Waals surface area contributed by atoms with E-state index in [-0.39, 0.29) is 0 Å². The van der Waals surface area contributed by atoms with Gasteiger partial charge in [0.2, 0.25) is 0 Å². The summed E-state index contributed by atoms with van der Waals surface area (Å²) in [4.78, 5) is 4.38. The first-order valence-electron chi connectivity index (χ1n) is 5.72. The summed E-state index contributed by atoms with van der Waals surface area (Å²) >= 11 is 5.26. The molecule has 2 rings (SSSR count). The highest BCUT2D eigenvalue weighted by atomic mass is 32.1. The zero-order valence-corrected chi connectivity index (χ0v) is 11.2. The minimum Gasteiger partial charge on any atom is -0.332 e. The number of hydrogen-bond acceptors (Lipinski definition) is 2. The molecule has 1 aromatic heterocycles. The zero-order valence-electron chi connectivity index (χ0n) is 10.4. The first-order chi connectivity index (χ1) is 8.65. The Bertz CT molecular complexity index is 552. The maximum atomic E-state index is 5.26. The summed E-state index contributed by atoms with van der Waals surface area (Å²) in [7, 11) is 0. The molecule has 2 aromatic rings. The molecule has 4 heteroatoms. The molecular weight excluding hydrogens is 242 g/mol. The minimum absolute atomic E-state index is 0.565. The third-order valence-corrected chi connectivity index (χ3v) is 2.71. The van der Waals surface area contributed by atoms with Gasteiger partial charge in [0.1, 0.15) is 0 Å². The van der Waals surface area contributed by atoms with E-state index in [2.05, 4.69) is 15.6 Å². The molecule has 0 spiro atoms. The highest BCUT2D eigenvalue weighted by molar-refractivity contribution is 7.80. The number of aromatic nitrogens is 1. The summed E-state index contributed by atoms with van der Waals surface area (Å²) in [5, 5.41) is 6.83. The zero-order chi connectivity index (χ0) is 13.0. The van der Waals surface area contributed by atoms with Crippen molar-refractivity contribution in [3.8, 4) is 0 Å². The SMILES string of the molecule is Cc1ccc(NC(=S)Nc2ccccc2)c(C)n1. The second-order valence-electron chi connectivity index (χ2n) is 4.03. The molecule has 0 bridgehead atoms. The van der Waals surface area contributed by atoms with Crippen LogP contribution in [0.25, 0.3) is 0 Å². The van der Waals surface area contributed by atoms with Crippen LogP contribution in [0.2, 0.25) is 0 Å². The van der Waals surface area contributed by atoms with E-state index in [1.54, 1.807) is 0 Å². The molecule has 1 heterocycles. The third kappa shape index (κ3) is 3.28. The van der Waals surface area contributed by atoms with Crippen molar-refractivity contribution in [2.24, 2.45) is 0 Å². The van der Waals surface area contributed by atoms with Crippen molar-refractivity contribution in [3.63, 3.8) is 0 Å². The van der Waals surface area contributed by atoms with E-state index in [0.29, 0.717) is 5.11 Å². The fourth-order valence-electron chi connectivity index (χ4n) is 1.62. The van der Waals surface area contributed by atoms with Gasteiger partial charge < -0.3 is 10.6 Å². The number of rotatable bonds is 2. The van der Waals surface area contributed by atoms with Crippen LogP contribution >= 0.6 is 12.2 Å². The Morgan fingerprint density at radius 3 is 2.39 bits per heavy atom. The molecule has 0 atom stereocenters. The Hall–Kier alpha value is -1.94. The van der Waals surface area contributed by atoms with Gasteiger partial charge in [-0.3, -0.25) is 4.98 Å². The Morgan fingerprint density at radius 2 is 1.72 bits per heavy atom. The lowest BCUT2D eigenvalue weighted by Crippen LogP contribution is -2.19. The number of thiocarbonyl (C=S) groups is 1. The molecule has 2 N–H and O–H groups in total. The summed E-state index contributed by atoms with van der Waals surface area (Å²) in [5.41, 5.74) is 3.83. The van der Waals surface area contributed by atoms with Crippen LogP contribution in [0.1, 0.15) is 11.4 Å². The number of aryl methyl sites for hydroxylation is 2. The predicted molar refractivity (Wildman–Crippen MR) is 80.0 cm³/mol. The molecule has 0 aliphatic rings. The fraction of sp³-hybridized carbons (Fsp3) is 0.143. The quantitative estimate of drug-likeness (QED) is 0.807. The summed E-state index contributed by atoms with van der Waals surface area (Å²) in [6.07, 6.45) is 0. The molecule has 0 unspecified atom stereocenters. The van der Waals surface area contributed by atoms with Gasteiger partial charge in [-0.1, -0.05) is 18.2 Å². The van der Waals surface area contributed by atoms with Gasteiger partial charge >= 0.3 is 0 Å². The van der Waals surface area contributed by atoms with Gasteiger partial charge in [0.25, 0.3) is 0 Å². The molecule has 1 aromatic carbocycles. The van der Waals surface area contributed by atoms with E-state index >= 15 is 0 Å². The fourth-order valence-corrected chi connectivity index (χ4v) is 1.85. The number of nitrogens with one attached hydrogen (secondary N) is 2. The number of para-hydroxylation sites is 1. The van der Waals surface area contributed by atoms with Gasteiger partial charge in [0.05, 0.1) is 11.4 Å². The number of pyridine rings is 1. The van der Waals surface area contributed by atoms with Crippen LogP contribution in [-0.2, 0) is 0 Å². The van der Waals surface area contributed by atoms with Crippen LogP contribution in [0.4, 0.5) is 11.4 Å². The lowest BCUT2D eigenvalue weighted by molar-refractivity contribution is 1.13. The topological polar surface area (TPSA) is 37.0 Å². The molecule has 92 valence electrons. The Labute approximate surface area is 112 Å². The Morgan fingerprint density at radius 1 is 1.00 bits per heavy atom. The maximum absolute atomic E-state index is 5.26. The molecule has 0 saturated heterocycles. The normalized spacial score (nSPS) is 9.89. The van der Waals surface area contributed by atoms with Crippen LogP contribution in [0.3, 0.4) is 0 Å². The van der Waals surface area contributed by atoms with Crippen LogP contribution < -0.4 is 10.6 Å². The maximum Gasteiger partial charge on any atom is 0.175 e. The van der Waals surface area contributed by atoms with Crippen molar-refractivity contribution in [1.29, 1.82) is 0 Å². The molecule has 0 fully saturated rings. The van der Waals surface area contributed by atoms with Gasteiger partial charge in [-0.05, 0) is 50.3 Å². The standard InChI is InChI=1S/C14H15N3S/c1-10-8-9-13(11(2)15-10)17-14(18)16-12-6-4-3-5-7-12/h3-9H,1-2H3,(H2,16,17,18). The van der Waals surface area contributed by atoms with Crippen molar-refractivity contribution in [2.45, 2.75) is 13.8 Å². The summed E-state index contributed by atoms with van der Waals surface area (Å²) in [6.45, 7) is 3.93. The van der Waals surface area contributed by atoms with Gasteiger partial charge in [-0.25, -0.2) is 0 Å². The average molecular weight is 257 g/mol. The minimum atomic E-state index is 0.565. The highest BCUT2D eigenvalue weighted by Crippen LogP contribution is 2.13. The Kier molecular flexibility index (Phi) is 3.89. The molecule has 0 saturated carbocycles. The second kappa shape index (κ2) is 5.60. The number of nitrogens with zero attached hydrogens (tertiary/aromatic N) is 1. The van der Waals surface area contributed by atoms with Crippen molar-refractivity contribution in [2.75, 3.05) is 10.6 Å². The smallest absolute Gasteiger partial charge is 0.175 e. The molecule has 0 amide bonds. The molecule has 3 nitrogen and oxygen atoms in total. The van der Waals surface area contributed by atoms with Crippen molar-refractivity contribution in [1.82, 2.24) is 4.98 Å². The largest absolute Gasteiger partial charge is 0.332 e. The molecule has 0 aliphatic carbocycles. The van der Waals surface area contributed by atoms with Gasteiger partial charge in [-0.2, -0.15) is 0 Å². The first kappa shape index (κ1) is 12.5. The third-order valence-electron chi connectivity index (χ3n) is 2.50. The van der Waals surface area contributed by atoms with Crippen LogP contribution in [0.15, 0.2) is 42.5 Å². The molecule has 0 aliphatic heterocycles. The summed E-state index contributed by atoms with van der Waals surface area (Å²) < 4.78 is 0. The second-order valence-corrected chi connectivity index (χ2v) is 4.44. The Balaban J connectivity index is 2.03. The van der Waals surface area contributed by atoms with E-state index < -0.39 is 0 Å². The highest BCUT2D eigenvalue weighted by Gasteiger charge is 2.02. The van der Waals surface area contributed by atoms with Gasteiger partial charge in [-0.15, -0.1) is 0 Å². The van der Waals surface area contributed by atoms with Crippen molar-refractivity contribution in [3.05, 3.63) is 53.9 Å². The van der Waals surface area contributed by atoms with Crippen LogP contribution in [0, 0.1) is 13.8 Å². The van der Waals surface area contributed by atoms with E-state index in [0.717, 1.165) is 22.8 Å². The van der Waals surface area contributed by atoms with Crippen LogP contribution in [0.5, 0.6) is 0 Å². The number of hydrogen-bond donors (Lipinski definition) is 2. The molecule has 0 radical (unpaired) electrons. The van der Waals surface area contributed by atoms with E-state index in [1.807, 2.05) is 56.3 Å². The monoisotopic (exact) mass is 257 g/mol. The van der Waals surface area contributed by atoms with E-state index in [1.165, 1.54) is 0 Å².